The summed E-state index contributed by atoms with van der Waals surface area (Å²) >= 11 is 12.3. The molecule has 0 radical (unpaired) electrons. The van der Waals surface area contributed by atoms with E-state index in [0.717, 1.165) is 18.5 Å². The molecule has 8 nitrogen and oxygen atoms in total. The molecule has 1 aromatic heterocycles. The molecule has 5 rings (SSSR count). The van der Waals surface area contributed by atoms with E-state index in [2.05, 4.69) is 15.9 Å². The van der Waals surface area contributed by atoms with Crippen molar-refractivity contribution in [2.75, 3.05) is 11.3 Å². The lowest BCUT2D eigenvalue weighted by molar-refractivity contribution is -0.141. The van der Waals surface area contributed by atoms with Crippen LogP contribution in [0.25, 0.3) is 22.5 Å². The number of aliphatic hydroxyl groups is 1. The van der Waals surface area contributed by atoms with Gasteiger partial charge in [-0.25, -0.2) is 17.8 Å². The SMILES string of the molecule is Cc1nc(C(F)(F)F)cn1-c1ccc(-c2cc(F)c(CO)c(S(C)(=O)=O)c2)cc1N1NNC=C1c1ccc(Cl)c(Cl)c1. The number of nitrogens with one attached hydrogen (secondary N) is 2. The van der Waals surface area contributed by atoms with Crippen molar-refractivity contribution in [2.45, 2.75) is 24.6 Å². The summed E-state index contributed by atoms with van der Waals surface area (Å²) in [4.78, 5) is 3.29. The summed E-state index contributed by atoms with van der Waals surface area (Å²) < 4.78 is 81.6. The summed E-state index contributed by atoms with van der Waals surface area (Å²) in [5.74, 6) is -0.889. The van der Waals surface area contributed by atoms with E-state index in [1.54, 1.807) is 30.5 Å². The van der Waals surface area contributed by atoms with Crippen LogP contribution < -0.4 is 16.0 Å². The maximum atomic E-state index is 15.0. The van der Waals surface area contributed by atoms with Crippen LogP contribution in [0.2, 0.25) is 10.0 Å². The van der Waals surface area contributed by atoms with E-state index < -0.39 is 34.1 Å². The van der Waals surface area contributed by atoms with Gasteiger partial charge in [0.05, 0.1) is 38.6 Å². The molecular formula is C27H21Cl2F4N5O3S. The lowest BCUT2D eigenvalue weighted by Crippen LogP contribution is -2.37. The third-order valence-electron chi connectivity index (χ3n) is 6.54. The number of imidazole rings is 1. The van der Waals surface area contributed by atoms with Gasteiger partial charge in [0.15, 0.2) is 15.5 Å². The Balaban J connectivity index is 1.73. The molecule has 15 heteroatoms. The number of rotatable bonds is 6. The first-order valence-corrected chi connectivity index (χ1v) is 14.7. The largest absolute Gasteiger partial charge is 0.434 e. The monoisotopic (exact) mass is 641 g/mol. The van der Waals surface area contributed by atoms with E-state index in [-0.39, 0.29) is 38.2 Å². The van der Waals surface area contributed by atoms with Gasteiger partial charge in [-0.15, -0.1) is 5.53 Å². The Bertz CT molecular complexity index is 1860. The third kappa shape index (κ3) is 5.57. The third-order valence-corrected chi connectivity index (χ3v) is 8.44. The number of hydrazine groups is 2. The molecule has 3 N–H and O–H groups in total. The van der Waals surface area contributed by atoms with Gasteiger partial charge in [0.1, 0.15) is 11.6 Å². The van der Waals surface area contributed by atoms with Gasteiger partial charge in [0.2, 0.25) is 0 Å². The Morgan fingerprint density at radius 1 is 0.976 bits per heavy atom. The highest BCUT2D eigenvalue weighted by molar-refractivity contribution is 7.90. The van der Waals surface area contributed by atoms with Crippen LogP contribution in [0.4, 0.5) is 23.2 Å². The van der Waals surface area contributed by atoms with Gasteiger partial charge < -0.3 is 15.1 Å². The lowest BCUT2D eigenvalue weighted by Gasteiger charge is -2.26. The van der Waals surface area contributed by atoms with Crippen molar-refractivity contribution in [3.63, 3.8) is 0 Å². The highest BCUT2D eigenvalue weighted by atomic mass is 35.5. The minimum Gasteiger partial charge on any atom is -0.392 e. The van der Waals surface area contributed by atoms with Gasteiger partial charge in [-0.2, -0.15) is 13.2 Å². The predicted molar refractivity (Wildman–Crippen MR) is 151 cm³/mol. The summed E-state index contributed by atoms with van der Waals surface area (Å²) in [5, 5.41) is 11.7. The Kier molecular flexibility index (Phi) is 7.75. The average Bonchev–Trinajstić information content (AvgIpc) is 3.56. The Hall–Kier alpha value is -3.62. The number of aromatic nitrogens is 2. The highest BCUT2D eigenvalue weighted by Crippen LogP contribution is 2.39. The van der Waals surface area contributed by atoms with Crippen molar-refractivity contribution < 1.29 is 31.1 Å². The van der Waals surface area contributed by atoms with E-state index in [0.29, 0.717) is 21.8 Å². The number of benzene rings is 3. The molecule has 1 aliphatic heterocycles. The molecule has 1 aliphatic rings. The number of nitrogens with zero attached hydrogens (tertiary/aromatic N) is 3. The van der Waals surface area contributed by atoms with E-state index in [9.17, 15) is 31.1 Å². The molecule has 4 aromatic rings. The Labute approximate surface area is 247 Å². The summed E-state index contributed by atoms with van der Waals surface area (Å²) in [5.41, 5.74) is 6.44. The molecule has 3 aromatic carbocycles. The fraction of sp³-hybridized carbons (Fsp3) is 0.148. The number of hydrogen-bond donors (Lipinski definition) is 3. The van der Waals surface area contributed by atoms with Gasteiger partial charge in [-0.1, -0.05) is 35.3 Å². The van der Waals surface area contributed by atoms with Crippen molar-refractivity contribution >= 4 is 44.4 Å². The van der Waals surface area contributed by atoms with Crippen molar-refractivity contribution in [1.82, 2.24) is 20.5 Å². The Morgan fingerprint density at radius 2 is 1.69 bits per heavy atom. The molecule has 0 saturated carbocycles. The quantitative estimate of drug-likeness (QED) is 0.221. The molecule has 0 spiro atoms. The number of halogens is 6. The van der Waals surface area contributed by atoms with Crippen LogP contribution in [-0.2, 0) is 22.6 Å². The molecule has 0 saturated heterocycles. The first kappa shape index (κ1) is 29.9. The molecule has 2 heterocycles. The minimum atomic E-state index is -4.69. The van der Waals surface area contributed by atoms with Crippen LogP contribution >= 0.6 is 23.2 Å². The summed E-state index contributed by atoms with van der Waals surface area (Å²) in [6.07, 6.45) is -1.34. The summed E-state index contributed by atoms with van der Waals surface area (Å²) in [6, 6.07) is 11.8. The maximum absolute atomic E-state index is 15.0. The van der Waals surface area contributed by atoms with Gasteiger partial charge in [0, 0.05) is 29.8 Å². The standard InChI is InChI=1S/C27H21Cl2F4N5O3S/c1-14-35-26(27(31,32)33)12-37(14)22-6-4-15(17-8-21(30)18(13-39)25(10-17)42(2,40)41)9-23(22)38-24(11-34-36-38)16-3-5-19(28)20(29)7-16/h3-12,34,36,39H,13H2,1-2H3. The van der Waals surface area contributed by atoms with E-state index >= 15 is 0 Å². The molecule has 0 unspecified atom stereocenters. The zero-order chi connectivity index (χ0) is 30.6. The normalized spacial score (nSPS) is 13.8. The van der Waals surface area contributed by atoms with Crippen LogP contribution in [0.15, 0.2) is 65.8 Å². The summed E-state index contributed by atoms with van der Waals surface area (Å²) in [6.45, 7) is 0.584. The highest BCUT2D eigenvalue weighted by Gasteiger charge is 2.35. The van der Waals surface area contributed by atoms with Crippen LogP contribution in [0.5, 0.6) is 0 Å². The summed E-state index contributed by atoms with van der Waals surface area (Å²) in [7, 11) is -3.93. The van der Waals surface area contributed by atoms with Crippen molar-refractivity contribution in [1.29, 1.82) is 0 Å². The smallest absolute Gasteiger partial charge is 0.392 e. The number of sulfone groups is 1. The van der Waals surface area contributed by atoms with Gasteiger partial charge in [0.25, 0.3) is 0 Å². The first-order valence-electron chi connectivity index (χ1n) is 12.1. The van der Waals surface area contributed by atoms with Crippen LogP contribution in [0.3, 0.4) is 0 Å². The average molecular weight is 642 g/mol. The van der Waals surface area contributed by atoms with Crippen LogP contribution in [-0.4, -0.2) is 29.3 Å². The van der Waals surface area contributed by atoms with Crippen LogP contribution in [0.1, 0.15) is 22.6 Å². The number of hydrogen-bond acceptors (Lipinski definition) is 7. The second-order valence-corrected chi connectivity index (χ2v) is 12.2. The van der Waals surface area contributed by atoms with Gasteiger partial charge in [-0.3, -0.25) is 5.01 Å². The molecule has 42 heavy (non-hydrogen) atoms. The molecule has 0 bridgehead atoms. The number of alkyl halides is 3. The molecule has 0 fully saturated rings. The zero-order valence-corrected chi connectivity index (χ0v) is 24.1. The molecule has 0 amide bonds. The topological polar surface area (TPSA) is 99.5 Å². The zero-order valence-electron chi connectivity index (χ0n) is 21.8. The minimum absolute atomic E-state index is 0.0428. The second kappa shape index (κ2) is 10.9. The Morgan fingerprint density at radius 3 is 2.31 bits per heavy atom. The molecule has 0 aliphatic carbocycles. The van der Waals surface area contributed by atoms with Gasteiger partial charge >= 0.3 is 6.18 Å². The van der Waals surface area contributed by atoms with E-state index in [1.807, 2.05) is 0 Å². The van der Waals surface area contributed by atoms with Crippen molar-refractivity contribution in [2.24, 2.45) is 0 Å². The fourth-order valence-corrected chi connectivity index (χ4v) is 5.80. The lowest BCUT2D eigenvalue weighted by atomic mass is 10.0. The molecule has 0 atom stereocenters. The van der Waals surface area contributed by atoms with Crippen molar-refractivity contribution in [3.05, 3.63) is 99.4 Å². The maximum Gasteiger partial charge on any atom is 0.434 e. The predicted octanol–water partition coefficient (Wildman–Crippen LogP) is 6.04. The molecule has 220 valence electrons. The fourth-order valence-electron chi connectivity index (χ4n) is 4.55. The second-order valence-electron chi connectivity index (χ2n) is 9.36. The van der Waals surface area contributed by atoms with E-state index in [1.165, 1.54) is 34.7 Å². The number of aliphatic hydroxyl groups excluding tert-OH is 1. The first-order chi connectivity index (χ1) is 19.7. The van der Waals surface area contributed by atoms with Crippen LogP contribution in [0, 0.1) is 12.7 Å². The number of anilines is 1. The van der Waals surface area contributed by atoms with E-state index in [4.69, 9.17) is 23.2 Å². The number of aryl methyl sites for hydroxylation is 1. The van der Waals surface area contributed by atoms with Gasteiger partial charge in [-0.05, 0) is 54.4 Å². The molecular weight excluding hydrogens is 621 g/mol. The van der Waals surface area contributed by atoms with Crippen molar-refractivity contribution in [3.8, 4) is 16.8 Å².